The number of amides is 1. The zero-order valence-corrected chi connectivity index (χ0v) is 16.3. The Balaban J connectivity index is 1.75. The molecule has 1 N–H and O–H groups in total. The summed E-state index contributed by atoms with van der Waals surface area (Å²) in [4.78, 5) is 33.3. The van der Waals surface area contributed by atoms with Crippen molar-refractivity contribution < 1.29 is 24.1 Å². The molecule has 31 heavy (non-hydrogen) atoms. The summed E-state index contributed by atoms with van der Waals surface area (Å²) in [6.07, 6.45) is 0. The van der Waals surface area contributed by atoms with Crippen molar-refractivity contribution in [3.63, 3.8) is 0 Å². The van der Waals surface area contributed by atoms with E-state index in [4.69, 9.17) is 9.47 Å². The fourth-order valence-corrected chi connectivity index (χ4v) is 2.80. The van der Waals surface area contributed by atoms with E-state index in [0.717, 1.165) is 24.8 Å². The van der Waals surface area contributed by atoms with E-state index >= 15 is 0 Å². The predicted molar refractivity (Wildman–Crippen MR) is 111 cm³/mol. The van der Waals surface area contributed by atoms with Crippen LogP contribution >= 0.6 is 0 Å². The SMILES string of the molecule is COc1c([N+](=O)[O-])cc(NC(=O)c2ccc(OCc3ccccc3)cc2)cc1[N+](=O)[O-]. The number of ether oxygens (including phenoxy) is 2. The topological polar surface area (TPSA) is 134 Å². The van der Waals surface area contributed by atoms with Crippen LogP contribution in [0.1, 0.15) is 15.9 Å². The highest BCUT2D eigenvalue weighted by Gasteiger charge is 2.28. The van der Waals surface area contributed by atoms with Crippen molar-refractivity contribution in [2.24, 2.45) is 0 Å². The van der Waals surface area contributed by atoms with Crippen LogP contribution in [0.25, 0.3) is 0 Å². The van der Waals surface area contributed by atoms with Crippen molar-refractivity contribution in [3.05, 3.63) is 98.1 Å². The Hall–Kier alpha value is -4.47. The van der Waals surface area contributed by atoms with E-state index in [1.807, 2.05) is 30.3 Å². The summed E-state index contributed by atoms with van der Waals surface area (Å²) in [5, 5.41) is 24.9. The second-order valence-electron chi connectivity index (χ2n) is 6.31. The zero-order chi connectivity index (χ0) is 22.4. The average molecular weight is 423 g/mol. The first kappa shape index (κ1) is 21.2. The molecule has 158 valence electrons. The number of carbonyl (C=O) groups is 1. The first-order valence-corrected chi connectivity index (χ1v) is 8.98. The van der Waals surface area contributed by atoms with Gasteiger partial charge in [0, 0.05) is 17.7 Å². The molecule has 0 heterocycles. The third-order valence-corrected chi connectivity index (χ3v) is 4.27. The van der Waals surface area contributed by atoms with E-state index in [0.29, 0.717) is 12.4 Å². The Kier molecular flexibility index (Phi) is 6.41. The van der Waals surface area contributed by atoms with Crippen LogP contribution in [-0.2, 0) is 6.61 Å². The number of nitrogens with one attached hydrogen (secondary N) is 1. The third-order valence-electron chi connectivity index (χ3n) is 4.27. The first-order chi connectivity index (χ1) is 14.9. The Bertz CT molecular complexity index is 1080. The zero-order valence-electron chi connectivity index (χ0n) is 16.3. The summed E-state index contributed by atoms with van der Waals surface area (Å²) in [7, 11) is 1.09. The third kappa shape index (κ3) is 5.12. The van der Waals surface area contributed by atoms with Crippen molar-refractivity contribution in [2.75, 3.05) is 12.4 Å². The molecule has 10 heteroatoms. The van der Waals surface area contributed by atoms with Gasteiger partial charge in [0.2, 0.25) is 0 Å². The second-order valence-corrected chi connectivity index (χ2v) is 6.31. The molecule has 0 saturated heterocycles. The van der Waals surface area contributed by atoms with E-state index in [9.17, 15) is 25.0 Å². The molecular weight excluding hydrogens is 406 g/mol. The minimum absolute atomic E-state index is 0.103. The monoisotopic (exact) mass is 423 g/mol. The number of methoxy groups -OCH3 is 1. The average Bonchev–Trinajstić information content (AvgIpc) is 2.78. The van der Waals surface area contributed by atoms with Crippen LogP contribution in [0, 0.1) is 20.2 Å². The highest BCUT2D eigenvalue weighted by Crippen LogP contribution is 2.39. The molecule has 1 amide bonds. The summed E-state index contributed by atoms with van der Waals surface area (Å²) >= 11 is 0. The molecular formula is C21H17N3O7. The lowest BCUT2D eigenvalue weighted by atomic mass is 10.1. The van der Waals surface area contributed by atoms with E-state index in [1.54, 1.807) is 12.1 Å². The number of nitrogens with zero attached hydrogens (tertiary/aromatic N) is 2. The first-order valence-electron chi connectivity index (χ1n) is 8.98. The molecule has 0 aliphatic rings. The lowest BCUT2D eigenvalue weighted by Crippen LogP contribution is -2.12. The van der Waals surface area contributed by atoms with Crippen molar-refractivity contribution in [2.45, 2.75) is 6.61 Å². The van der Waals surface area contributed by atoms with Crippen LogP contribution in [0.3, 0.4) is 0 Å². The minimum atomic E-state index is -0.819. The van der Waals surface area contributed by atoms with Crippen molar-refractivity contribution in [3.8, 4) is 11.5 Å². The molecule has 0 bridgehead atoms. The van der Waals surface area contributed by atoms with Crippen LogP contribution in [0.4, 0.5) is 17.1 Å². The van der Waals surface area contributed by atoms with Crippen molar-refractivity contribution in [1.29, 1.82) is 0 Å². The van der Waals surface area contributed by atoms with Gasteiger partial charge in [0.1, 0.15) is 12.4 Å². The van der Waals surface area contributed by atoms with Gasteiger partial charge >= 0.3 is 11.4 Å². The quantitative estimate of drug-likeness (QED) is 0.421. The Morgan fingerprint density at radius 1 is 0.935 bits per heavy atom. The summed E-state index contributed by atoms with van der Waals surface area (Å²) < 4.78 is 10.5. The van der Waals surface area contributed by atoms with Gasteiger partial charge in [-0.15, -0.1) is 0 Å². The van der Waals surface area contributed by atoms with E-state index in [2.05, 4.69) is 5.32 Å². The Morgan fingerprint density at radius 3 is 2.03 bits per heavy atom. The van der Waals surface area contributed by atoms with Crippen LogP contribution < -0.4 is 14.8 Å². The maximum atomic E-state index is 12.5. The minimum Gasteiger partial charge on any atom is -0.489 e. The molecule has 0 aliphatic heterocycles. The number of hydrogen-bond donors (Lipinski definition) is 1. The van der Waals surface area contributed by atoms with Gasteiger partial charge in [-0.3, -0.25) is 25.0 Å². The molecule has 3 aromatic carbocycles. The molecule has 0 spiro atoms. The maximum Gasteiger partial charge on any atom is 0.320 e. The fourth-order valence-electron chi connectivity index (χ4n) is 2.80. The Labute approximate surface area is 176 Å². The fraction of sp³-hybridized carbons (Fsp3) is 0.0952. The van der Waals surface area contributed by atoms with Crippen LogP contribution in [0.2, 0.25) is 0 Å². The van der Waals surface area contributed by atoms with Crippen molar-refractivity contribution in [1.82, 2.24) is 0 Å². The number of nitro groups is 2. The molecule has 0 unspecified atom stereocenters. The highest BCUT2D eigenvalue weighted by molar-refractivity contribution is 6.04. The number of rotatable bonds is 8. The van der Waals surface area contributed by atoms with Crippen LogP contribution in [0.5, 0.6) is 11.5 Å². The Morgan fingerprint density at radius 2 is 1.52 bits per heavy atom. The van der Waals surface area contributed by atoms with E-state index < -0.39 is 32.9 Å². The van der Waals surface area contributed by atoms with Gasteiger partial charge in [-0.2, -0.15) is 0 Å². The molecule has 10 nitrogen and oxygen atoms in total. The summed E-state index contributed by atoms with van der Waals surface area (Å²) in [5.74, 6) is -0.535. The lowest BCUT2D eigenvalue weighted by Gasteiger charge is -2.09. The maximum absolute atomic E-state index is 12.5. The second kappa shape index (κ2) is 9.35. The molecule has 0 atom stereocenters. The standard InChI is InChI=1S/C21H17N3O7/c1-30-20-18(23(26)27)11-16(12-19(20)24(28)29)22-21(25)15-7-9-17(10-8-15)31-13-14-5-3-2-4-6-14/h2-12H,13H2,1H3,(H,22,25). The lowest BCUT2D eigenvalue weighted by molar-refractivity contribution is -0.395. The predicted octanol–water partition coefficient (Wildman–Crippen LogP) is 4.34. The molecule has 0 radical (unpaired) electrons. The van der Waals surface area contributed by atoms with Gasteiger partial charge in [0.25, 0.3) is 11.7 Å². The number of hydrogen-bond acceptors (Lipinski definition) is 7. The number of anilines is 1. The van der Waals surface area contributed by atoms with Gasteiger partial charge in [-0.25, -0.2) is 0 Å². The number of carbonyl (C=O) groups excluding carboxylic acids is 1. The molecule has 0 saturated carbocycles. The smallest absolute Gasteiger partial charge is 0.320 e. The highest BCUT2D eigenvalue weighted by atomic mass is 16.6. The van der Waals surface area contributed by atoms with Gasteiger partial charge in [0.15, 0.2) is 0 Å². The number of nitro benzene ring substituents is 2. The summed E-state index contributed by atoms with van der Waals surface area (Å²) in [5.41, 5.74) is -0.123. The molecule has 0 aromatic heterocycles. The van der Waals surface area contributed by atoms with Crippen molar-refractivity contribution >= 4 is 23.0 Å². The summed E-state index contributed by atoms with van der Waals surface area (Å²) in [6.45, 7) is 0.367. The van der Waals surface area contributed by atoms with Crippen LogP contribution in [0.15, 0.2) is 66.7 Å². The van der Waals surface area contributed by atoms with Crippen LogP contribution in [-0.4, -0.2) is 22.9 Å². The largest absolute Gasteiger partial charge is 0.489 e. The molecule has 0 aliphatic carbocycles. The van der Waals surface area contributed by atoms with Gasteiger partial charge < -0.3 is 14.8 Å². The normalized spacial score (nSPS) is 10.2. The van der Waals surface area contributed by atoms with Gasteiger partial charge in [-0.05, 0) is 29.8 Å². The summed E-state index contributed by atoms with van der Waals surface area (Å²) in [6, 6.07) is 17.8. The molecule has 0 fully saturated rings. The van der Waals surface area contributed by atoms with E-state index in [1.165, 1.54) is 12.1 Å². The van der Waals surface area contributed by atoms with E-state index in [-0.39, 0.29) is 11.3 Å². The van der Waals surface area contributed by atoms with Gasteiger partial charge in [0.05, 0.1) is 22.6 Å². The number of benzene rings is 3. The molecule has 3 rings (SSSR count). The van der Waals surface area contributed by atoms with Gasteiger partial charge in [-0.1, -0.05) is 30.3 Å². The molecule has 3 aromatic rings.